The Bertz CT molecular complexity index is 1400. The molecule has 1 nitrogen and oxygen atoms in total. The number of fused-ring (bicyclic) bond motifs is 4. The predicted octanol–water partition coefficient (Wildman–Crippen LogP) is 7.48. The average molecular weight is 481 g/mol. The van der Waals surface area contributed by atoms with E-state index in [0.29, 0.717) is 5.92 Å². The molecule has 0 N–H and O–H groups in total. The summed E-state index contributed by atoms with van der Waals surface area (Å²) in [5, 5.41) is 0. The van der Waals surface area contributed by atoms with Crippen LogP contribution in [0.5, 0.6) is 0 Å². The molecule has 0 saturated carbocycles. The zero-order chi connectivity index (χ0) is 24.6. The molecule has 6 unspecified atom stereocenters. The van der Waals surface area contributed by atoms with Gasteiger partial charge in [-0.15, -0.1) is 0 Å². The molecular formula is C33H32F2N+. The first-order chi connectivity index (χ1) is 17.4. The van der Waals surface area contributed by atoms with E-state index >= 15 is 0 Å². The van der Waals surface area contributed by atoms with E-state index in [9.17, 15) is 8.78 Å². The molecule has 1 aromatic rings. The van der Waals surface area contributed by atoms with E-state index in [4.69, 9.17) is 0 Å². The molecule has 4 aliphatic carbocycles. The third-order valence-electron chi connectivity index (χ3n) is 9.56. The molecule has 0 amide bonds. The molecule has 0 saturated heterocycles. The topological polar surface area (TPSA) is 3.01 Å². The zero-order valence-electron chi connectivity index (χ0n) is 20.9. The zero-order valence-corrected chi connectivity index (χ0v) is 20.9. The van der Waals surface area contributed by atoms with Gasteiger partial charge in [0, 0.05) is 41.6 Å². The summed E-state index contributed by atoms with van der Waals surface area (Å²) in [6.07, 6.45) is 17.5. The lowest BCUT2D eigenvalue weighted by molar-refractivity contribution is -0.555. The van der Waals surface area contributed by atoms with Gasteiger partial charge in [0.15, 0.2) is 12.8 Å². The Kier molecular flexibility index (Phi) is 4.90. The Labute approximate surface area is 212 Å². The van der Waals surface area contributed by atoms with Crippen LogP contribution in [0.3, 0.4) is 0 Å². The van der Waals surface area contributed by atoms with Crippen molar-refractivity contribution in [3.63, 3.8) is 0 Å². The highest BCUT2D eigenvalue weighted by atomic mass is 19.1. The molecule has 0 aromatic heterocycles. The second-order valence-corrected chi connectivity index (χ2v) is 11.5. The van der Waals surface area contributed by atoms with Gasteiger partial charge in [-0.1, -0.05) is 72.7 Å². The Hall–Kier alpha value is -3.07. The lowest BCUT2D eigenvalue weighted by atomic mass is 9.69. The predicted molar refractivity (Wildman–Crippen MR) is 141 cm³/mol. The standard InChI is InChI=1S/C33H32F2N/c1-20(21-8-4-3-5-9-21)25-17-33(2)28-16-23-14-22-10-6-11-26(32-29(34)12-7-13-30(32)35)31(22)27(23)15-24(28)18-36(33)19-25/h3-10,12-13,16-17,19-20,26-27,29,32H,11,14-15,18H2,1-2H3/q+1. The monoisotopic (exact) mass is 480 g/mol. The first-order valence-corrected chi connectivity index (χ1v) is 13.3. The van der Waals surface area contributed by atoms with Gasteiger partial charge in [0.2, 0.25) is 5.54 Å². The average Bonchev–Trinajstić information content (AvgIpc) is 3.49. The van der Waals surface area contributed by atoms with Gasteiger partial charge in [-0.25, -0.2) is 13.4 Å². The van der Waals surface area contributed by atoms with Crippen molar-refractivity contribution in [1.82, 2.24) is 0 Å². The lowest BCUT2D eigenvalue weighted by Crippen LogP contribution is -2.32. The van der Waals surface area contributed by atoms with Gasteiger partial charge >= 0.3 is 0 Å². The van der Waals surface area contributed by atoms with Gasteiger partial charge in [0.05, 0.1) is 5.92 Å². The highest BCUT2D eigenvalue weighted by Crippen LogP contribution is 2.56. The molecule has 0 bridgehead atoms. The van der Waals surface area contributed by atoms with Crippen molar-refractivity contribution in [1.29, 1.82) is 0 Å². The summed E-state index contributed by atoms with van der Waals surface area (Å²) in [6.45, 7) is 5.57. The van der Waals surface area contributed by atoms with Crippen molar-refractivity contribution in [2.24, 2.45) is 17.8 Å². The fourth-order valence-electron chi connectivity index (χ4n) is 7.66. The normalized spacial score (nSPS) is 35.0. The summed E-state index contributed by atoms with van der Waals surface area (Å²) >= 11 is 0. The summed E-state index contributed by atoms with van der Waals surface area (Å²) in [5.74, 6) is -0.453. The third-order valence-corrected chi connectivity index (χ3v) is 9.56. The fraction of sp³-hybridized carbons (Fsp3) is 0.364. The fourth-order valence-corrected chi connectivity index (χ4v) is 7.66. The van der Waals surface area contributed by atoms with Crippen molar-refractivity contribution >= 4 is 6.21 Å². The SMILES string of the molecule is CC(C1=CC2(C)C3=C(CC4C(=C3)CC3=C4C(C4C(F)=CC=CC4F)CC=C3)C[N+]2=C1)c1ccccc1. The van der Waals surface area contributed by atoms with Gasteiger partial charge in [0.25, 0.3) is 0 Å². The smallest absolute Gasteiger partial charge is 0.204 e. The van der Waals surface area contributed by atoms with Crippen molar-refractivity contribution in [2.45, 2.75) is 50.7 Å². The summed E-state index contributed by atoms with van der Waals surface area (Å²) in [7, 11) is 0. The summed E-state index contributed by atoms with van der Waals surface area (Å²) in [4.78, 5) is 0. The number of allylic oxidation sites excluding steroid dienone is 10. The van der Waals surface area contributed by atoms with Crippen LogP contribution in [0.4, 0.5) is 8.78 Å². The van der Waals surface area contributed by atoms with E-state index < -0.39 is 12.1 Å². The molecule has 2 aliphatic heterocycles. The molecule has 182 valence electrons. The van der Waals surface area contributed by atoms with Gasteiger partial charge in [-0.3, -0.25) is 0 Å². The molecule has 0 radical (unpaired) electrons. The van der Waals surface area contributed by atoms with Crippen LogP contribution in [0.25, 0.3) is 0 Å². The minimum absolute atomic E-state index is 0.0965. The summed E-state index contributed by atoms with van der Waals surface area (Å²) in [5.41, 5.74) is 9.57. The van der Waals surface area contributed by atoms with E-state index in [1.165, 1.54) is 57.2 Å². The van der Waals surface area contributed by atoms with Crippen molar-refractivity contribution in [3.8, 4) is 0 Å². The van der Waals surface area contributed by atoms with E-state index in [1.807, 2.05) is 0 Å². The molecule has 7 rings (SSSR count). The van der Waals surface area contributed by atoms with Crippen molar-refractivity contribution in [2.75, 3.05) is 6.54 Å². The van der Waals surface area contributed by atoms with E-state index in [1.54, 1.807) is 0 Å². The maximum Gasteiger partial charge on any atom is 0.204 e. The van der Waals surface area contributed by atoms with Crippen LogP contribution in [0, 0.1) is 17.8 Å². The number of hydrogen-bond acceptors (Lipinski definition) is 0. The maximum absolute atomic E-state index is 15.0. The summed E-state index contributed by atoms with van der Waals surface area (Å²) < 4.78 is 32.4. The largest absolute Gasteiger partial charge is 0.242 e. The molecule has 6 aliphatic rings. The molecule has 1 aromatic carbocycles. The molecule has 0 spiro atoms. The van der Waals surface area contributed by atoms with Crippen LogP contribution >= 0.6 is 0 Å². The number of alkyl halides is 1. The quantitative estimate of drug-likeness (QED) is 0.395. The molecular weight excluding hydrogens is 448 g/mol. The highest BCUT2D eigenvalue weighted by molar-refractivity contribution is 5.81. The van der Waals surface area contributed by atoms with Crippen LogP contribution < -0.4 is 0 Å². The second kappa shape index (κ2) is 7.96. The highest BCUT2D eigenvalue weighted by Gasteiger charge is 2.53. The van der Waals surface area contributed by atoms with Crippen LogP contribution in [0.2, 0.25) is 0 Å². The van der Waals surface area contributed by atoms with Crippen molar-refractivity contribution < 1.29 is 13.4 Å². The summed E-state index contributed by atoms with van der Waals surface area (Å²) in [6, 6.07) is 10.7. The Morgan fingerprint density at radius 3 is 2.81 bits per heavy atom. The number of benzene rings is 1. The minimum atomic E-state index is -1.26. The molecule has 3 heteroatoms. The van der Waals surface area contributed by atoms with Gasteiger partial charge in [0.1, 0.15) is 12.0 Å². The van der Waals surface area contributed by atoms with Crippen LogP contribution in [0.15, 0.2) is 112 Å². The lowest BCUT2D eigenvalue weighted by Gasteiger charge is -2.35. The third kappa shape index (κ3) is 3.14. The van der Waals surface area contributed by atoms with Crippen LogP contribution in [0.1, 0.15) is 44.6 Å². The number of hydrogen-bond donors (Lipinski definition) is 0. The Morgan fingerprint density at radius 1 is 1.17 bits per heavy atom. The van der Waals surface area contributed by atoms with Crippen LogP contribution in [-0.2, 0) is 0 Å². The molecule has 36 heavy (non-hydrogen) atoms. The van der Waals surface area contributed by atoms with E-state index in [-0.39, 0.29) is 23.2 Å². The van der Waals surface area contributed by atoms with Gasteiger partial charge in [-0.2, -0.15) is 0 Å². The first-order valence-electron chi connectivity index (χ1n) is 13.3. The maximum atomic E-state index is 15.0. The van der Waals surface area contributed by atoms with Crippen molar-refractivity contribution in [3.05, 3.63) is 118 Å². The Morgan fingerprint density at radius 2 is 2.00 bits per heavy atom. The molecule has 0 fully saturated rings. The van der Waals surface area contributed by atoms with Gasteiger partial charge in [-0.05, 0) is 48.5 Å². The number of halogens is 2. The number of rotatable bonds is 3. The van der Waals surface area contributed by atoms with Gasteiger partial charge < -0.3 is 0 Å². The minimum Gasteiger partial charge on any atom is -0.242 e. The molecule has 6 atom stereocenters. The first kappa shape index (κ1) is 22.2. The van der Waals surface area contributed by atoms with E-state index in [2.05, 4.69) is 79.3 Å². The van der Waals surface area contributed by atoms with E-state index in [0.717, 1.165) is 25.8 Å². The van der Waals surface area contributed by atoms with Crippen LogP contribution in [-0.4, -0.2) is 29.0 Å². The number of nitrogens with zero attached hydrogens (tertiary/aromatic N) is 1. The molecule has 2 heterocycles. The Balaban J connectivity index is 1.20. The second-order valence-electron chi connectivity index (χ2n) is 11.5.